The van der Waals surface area contributed by atoms with E-state index in [0.29, 0.717) is 12.3 Å². The highest BCUT2D eigenvalue weighted by molar-refractivity contribution is 5.76. The average molecular weight is 314 g/mol. The van der Waals surface area contributed by atoms with Crippen molar-refractivity contribution in [1.29, 1.82) is 0 Å². The Morgan fingerprint density at radius 3 is 2.35 bits per heavy atom. The van der Waals surface area contributed by atoms with Gasteiger partial charge in [0.1, 0.15) is 0 Å². The van der Waals surface area contributed by atoms with Gasteiger partial charge in [-0.1, -0.05) is 30.3 Å². The summed E-state index contributed by atoms with van der Waals surface area (Å²) in [5.74, 6) is 1.18. The second kappa shape index (κ2) is 8.49. The molecule has 3 heteroatoms. The molecule has 0 atom stereocenters. The number of rotatable bonds is 5. The zero-order valence-corrected chi connectivity index (χ0v) is 14.3. The Bertz CT molecular complexity index is 474. The molecule has 0 N–H and O–H groups in total. The molecule has 1 amide bonds. The van der Waals surface area contributed by atoms with Gasteiger partial charge in [0, 0.05) is 26.1 Å². The largest absolute Gasteiger partial charge is 0.343 e. The Morgan fingerprint density at radius 2 is 1.65 bits per heavy atom. The lowest BCUT2D eigenvalue weighted by molar-refractivity contribution is -0.132. The minimum atomic E-state index is 0.371. The van der Waals surface area contributed by atoms with Crippen LogP contribution in [0.25, 0.3) is 0 Å². The Hall–Kier alpha value is -1.35. The molecule has 0 aliphatic carbocycles. The van der Waals surface area contributed by atoms with Crippen molar-refractivity contribution in [3.8, 4) is 0 Å². The van der Waals surface area contributed by atoms with Gasteiger partial charge in [-0.05, 0) is 63.1 Å². The van der Waals surface area contributed by atoms with E-state index in [1.54, 1.807) is 0 Å². The van der Waals surface area contributed by atoms with Crippen molar-refractivity contribution in [3.05, 3.63) is 35.9 Å². The second-order valence-corrected chi connectivity index (χ2v) is 7.17. The molecule has 1 aromatic carbocycles. The molecule has 1 aromatic rings. The Morgan fingerprint density at radius 1 is 0.957 bits per heavy atom. The summed E-state index contributed by atoms with van der Waals surface area (Å²) < 4.78 is 0. The first-order chi connectivity index (χ1) is 11.3. The highest BCUT2D eigenvalue weighted by atomic mass is 16.2. The monoisotopic (exact) mass is 314 g/mol. The van der Waals surface area contributed by atoms with E-state index in [2.05, 4.69) is 40.1 Å². The van der Waals surface area contributed by atoms with E-state index in [0.717, 1.165) is 38.6 Å². The van der Waals surface area contributed by atoms with E-state index in [-0.39, 0.29) is 0 Å². The first kappa shape index (κ1) is 16.5. The molecule has 0 unspecified atom stereocenters. The van der Waals surface area contributed by atoms with E-state index in [9.17, 15) is 4.79 Å². The van der Waals surface area contributed by atoms with Gasteiger partial charge in [0.05, 0.1) is 0 Å². The summed E-state index contributed by atoms with van der Waals surface area (Å²) in [4.78, 5) is 16.8. The third kappa shape index (κ3) is 5.07. The fourth-order valence-electron chi connectivity index (χ4n) is 3.92. The number of benzene rings is 1. The van der Waals surface area contributed by atoms with Crippen LogP contribution in [0.1, 0.15) is 44.1 Å². The molecular formula is C20H30N2O. The summed E-state index contributed by atoms with van der Waals surface area (Å²) in [6.07, 6.45) is 8.14. The van der Waals surface area contributed by atoms with Gasteiger partial charge in [-0.2, -0.15) is 0 Å². The Kier molecular flexibility index (Phi) is 6.09. The van der Waals surface area contributed by atoms with Crippen molar-refractivity contribution in [1.82, 2.24) is 9.80 Å². The van der Waals surface area contributed by atoms with Crippen LogP contribution >= 0.6 is 0 Å². The molecule has 2 aliphatic heterocycles. The van der Waals surface area contributed by atoms with Crippen LogP contribution in [-0.4, -0.2) is 48.4 Å². The molecule has 2 heterocycles. The van der Waals surface area contributed by atoms with Crippen molar-refractivity contribution in [2.75, 3.05) is 32.7 Å². The van der Waals surface area contributed by atoms with Gasteiger partial charge in [0.15, 0.2) is 0 Å². The van der Waals surface area contributed by atoms with E-state index in [1.807, 2.05) is 0 Å². The number of carbonyl (C=O) groups is 1. The second-order valence-electron chi connectivity index (χ2n) is 7.17. The van der Waals surface area contributed by atoms with Crippen LogP contribution < -0.4 is 0 Å². The third-order valence-electron chi connectivity index (χ3n) is 5.43. The van der Waals surface area contributed by atoms with Crippen LogP contribution in [-0.2, 0) is 11.2 Å². The minimum absolute atomic E-state index is 0.371. The summed E-state index contributed by atoms with van der Waals surface area (Å²) in [5.41, 5.74) is 1.46. The number of likely N-dealkylation sites (tertiary alicyclic amines) is 2. The van der Waals surface area contributed by atoms with Crippen molar-refractivity contribution < 1.29 is 4.79 Å². The van der Waals surface area contributed by atoms with Gasteiger partial charge in [-0.15, -0.1) is 0 Å². The fraction of sp³-hybridized carbons (Fsp3) is 0.650. The molecule has 0 spiro atoms. The number of hydrogen-bond donors (Lipinski definition) is 0. The molecule has 2 saturated heterocycles. The van der Waals surface area contributed by atoms with Crippen molar-refractivity contribution in [3.63, 3.8) is 0 Å². The lowest BCUT2D eigenvalue weighted by atomic mass is 9.90. The van der Waals surface area contributed by atoms with Gasteiger partial charge in [-0.25, -0.2) is 0 Å². The normalized spacial score (nSPS) is 20.6. The first-order valence-electron chi connectivity index (χ1n) is 9.35. The zero-order valence-electron chi connectivity index (χ0n) is 14.3. The average Bonchev–Trinajstić information content (AvgIpc) is 2.62. The molecule has 23 heavy (non-hydrogen) atoms. The highest BCUT2D eigenvalue weighted by Crippen LogP contribution is 2.22. The van der Waals surface area contributed by atoms with Crippen LogP contribution in [0, 0.1) is 5.92 Å². The summed E-state index contributed by atoms with van der Waals surface area (Å²) in [6.45, 7) is 5.24. The Labute approximate surface area is 140 Å². The van der Waals surface area contributed by atoms with Gasteiger partial charge >= 0.3 is 0 Å². The summed E-state index contributed by atoms with van der Waals surface area (Å²) >= 11 is 0. The minimum Gasteiger partial charge on any atom is -0.343 e. The van der Waals surface area contributed by atoms with E-state index < -0.39 is 0 Å². The summed E-state index contributed by atoms with van der Waals surface area (Å²) in [5, 5.41) is 0. The number of nitrogens with zero attached hydrogens (tertiary/aromatic N) is 2. The van der Waals surface area contributed by atoms with E-state index in [4.69, 9.17) is 0 Å². The predicted octanol–water partition coefficient (Wildman–Crippen LogP) is 3.34. The maximum atomic E-state index is 12.2. The van der Waals surface area contributed by atoms with Crippen LogP contribution in [0.15, 0.2) is 30.3 Å². The molecule has 0 saturated carbocycles. The molecule has 2 aliphatic rings. The van der Waals surface area contributed by atoms with Crippen LogP contribution in [0.3, 0.4) is 0 Å². The molecule has 2 fully saturated rings. The standard InChI is InChI=1S/C20H30N2O/c23-20(22-12-5-2-6-13-22)11-16-21-14-9-19(10-15-21)17-18-7-3-1-4-8-18/h1,3-4,7-8,19H,2,5-6,9-17H2. The van der Waals surface area contributed by atoms with Gasteiger partial charge in [0.25, 0.3) is 0 Å². The summed E-state index contributed by atoms with van der Waals surface area (Å²) in [7, 11) is 0. The number of piperidine rings is 2. The smallest absolute Gasteiger partial charge is 0.223 e. The fourth-order valence-corrected chi connectivity index (χ4v) is 3.92. The number of amides is 1. The van der Waals surface area contributed by atoms with Gasteiger partial charge < -0.3 is 9.80 Å². The van der Waals surface area contributed by atoms with Crippen molar-refractivity contribution in [2.45, 2.75) is 44.9 Å². The molecule has 3 nitrogen and oxygen atoms in total. The van der Waals surface area contributed by atoms with Crippen molar-refractivity contribution >= 4 is 5.91 Å². The molecule has 0 aromatic heterocycles. The number of hydrogen-bond acceptors (Lipinski definition) is 2. The van der Waals surface area contributed by atoms with Gasteiger partial charge in [-0.3, -0.25) is 4.79 Å². The SMILES string of the molecule is O=C(CCN1CCC(Cc2ccccc2)CC1)N1CCCCC1. The molecule has 126 valence electrons. The molecular weight excluding hydrogens is 284 g/mol. The van der Waals surface area contributed by atoms with Crippen molar-refractivity contribution in [2.24, 2.45) is 5.92 Å². The predicted molar refractivity (Wildman–Crippen MR) is 94.4 cm³/mol. The molecule has 0 bridgehead atoms. The molecule has 0 radical (unpaired) electrons. The topological polar surface area (TPSA) is 23.6 Å². The van der Waals surface area contributed by atoms with Gasteiger partial charge in [0.2, 0.25) is 5.91 Å². The lowest BCUT2D eigenvalue weighted by Crippen LogP contribution is -2.40. The van der Waals surface area contributed by atoms with Crippen LogP contribution in [0.5, 0.6) is 0 Å². The highest BCUT2D eigenvalue weighted by Gasteiger charge is 2.21. The van der Waals surface area contributed by atoms with Crippen LogP contribution in [0.4, 0.5) is 0 Å². The third-order valence-corrected chi connectivity index (χ3v) is 5.43. The zero-order chi connectivity index (χ0) is 15.9. The van der Waals surface area contributed by atoms with E-state index >= 15 is 0 Å². The van der Waals surface area contributed by atoms with E-state index in [1.165, 1.54) is 44.1 Å². The maximum absolute atomic E-state index is 12.2. The maximum Gasteiger partial charge on any atom is 0.223 e. The number of carbonyl (C=O) groups excluding carboxylic acids is 1. The Balaban J connectivity index is 1.35. The quantitative estimate of drug-likeness (QED) is 0.832. The molecule has 3 rings (SSSR count). The first-order valence-corrected chi connectivity index (χ1v) is 9.35. The summed E-state index contributed by atoms with van der Waals surface area (Å²) in [6, 6.07) is 10.8. The lowest BCUT2D eigenvalue weighted by Gasteiger charge is -2.33. The van der Waals surface area contributed by atoms with Crippen LogP contribution in [0.2, 0.25) is 0 Å².